The number of rotatable bonds is 10. The number of unbranched alkanes of at least 4 members (excludes halogenated alkanes) is 1. The van der Waals surface area contributed by atoms with E-state index in [1.807, 2.05) is 5.32 Å². The molecule has 154 valence electrons. The maximum Gasteiger partial charge on any atom is 0.325 e. The van der Waals surface area contributed by atoms with Gasteiger partial charge >= 0.3 is 5.97 Å². The summed E-state index contributed by atoms with van der Waals surface area (Å²) < 4.78 is 15.1. The van der Waals surface area contributed by atoms with Gasteiger partial charge in [0.2, 0.25) is 0 Å². The molecule has 3 amide bonds. The number of hydrogen-bond donors (Lipinski definition) is 2. The van der Waals surface area contributed by atoms with Crippen molar-refractivity contribution < 1.29 is 33.1 Å². The fourth-order valence-electron chi connectivity index (χ4n) is 2.12. The molecule has 9 heteroatoms. The Morgan fingerprint density at radius 3 is 2.45 bits per heavy atom. The highest BCUT2D eigenvalue weighted by Gasteiger charge is 2.15. The summed E-state index contributed by atoms with van der Waals surface area (Å²) in [4.78, 5) is 46.9. The Hall–Kier alpha value is -3.62. The molecule has 0 aliphatic heterocycles. The van der Waals surface area contributed by atoms with Crippen LogP contribution in [0.5, 0.6) is 5.75 Å². The minimum Gasteiger partial charge on any atom is -0.494 e. The number of amides is 3. The van der Waals surface area contributed by atoms with Crippen LogP contribution in [0.2, 0.25) is 0 Å². The molecule has 1 heterocycles. The smallest absolute Gasteiger partial charge is 0.325 e. The van der Waals surface area contributed by atoms with Gasteiger partial charge in [0.15, 0.2) is 12.4 Å². The standard InChI is InChI=1S/C20H22N2O7/c1-2-3-10-27-15-8-6-14(7-9-15)19(25)21-12-18(24)29-13-17(23)22-20(26)16-5-4-11-28-16/h4-9,11H,2-3,10,12-13H2,1H3,(H,21,25)(H,22,23,26). The quantitative estimate of drug-likeness (QED) is 0.458. The van der Waals surface area contributed by atoms with E-state index < -0.39 is 36.8 Å². The largest absolute Gasteiger partial charge is 0.494 e. The molecule has 2 N–H and O–H groups in total. The highest BCUT2D eigenvalue weighted by atomic mass is 16.5. The monoisotopic (exact) mass is 402 g/mol. The zero-order valence-electron chi connectivity index (χ0n) is 15.9. The van der Waals surface area contributed by atoms with Gasteiger partial charge in [-0.05, 0) is 42.8 Å². The molecule has 0 atom stereocenters. The minimum atomic E-state index is -0.821. The molecule has 29 heavy (non-hydrogen) atoms. The molecule has 0 spiro atoms. The van der Waals surface area contributed by atoms with Crippen LogP contribution in [-0.2, 0) is 14.3 Å². The molecule has 0 fully saturated rings. The topological polar surface area (TPSA) is 124 Å². The summed E-state index contributed by atoms with van der Waals surface area (Å²) in [6.07, 6.45) is 3.26. The number of hydrogen-bond acceptors (Lipinski definition) is 7. The van der Waals surface area contributed by atoms with Gasteiger partial charge in [-0.15, -0.1) is 0 Å². The van der Waals surface area contributed by atoms with Crippen molar-refractivity contribution in [3.05, 3.63) is 54.0 Å². The van der Waals surface area contributed by atoms with Crippen LogP contribution in [0.15, 0.2) is 47.1 Å². The van der Waals surface area contributed by atoms with Gasteiger partial charge in [-0.3, -0.25) is 24.5 Å². The highest BCUT2D eigenvalue weighted by Crippen LogP contribution is 2.12. The molecule has 0 saturated heterocycles. The fourth-order valence-corrected chi connectivity index (χ4v) is 2.12. The van der Waals surface area contributed by atoms with Crippen molar-refractivity contribution in [2.75, 3.05) is 19.8 Å². The van der Waals surface area contributed by atoms with Gasteiger partial charge in [-0.1, -0.05) is 13.3 Å². The van der Waals surface area contributed by atoms with Gasteiger partial charge in [0, 0.05) is 5.56 Å². The first-order valence-corrected chi connectivity index (χ1v) is 9.04. The Kier molecular flexibility index (Phi) is 8.43. The van der Waals surface area contributed by atoms with E-state index in [1.165, 1.54) is 18.4 Å². The average molecular weight is 402 g/mol. The summed E-state index contributed by atoms with van der Waals surface area (Å²) in [6, 6.07) is 9.38. The Bertz CT molecular complexity index is 829. The van der Waals surface area contributed by atoms with E-state index in [9.17, 15) is 19.2 Å². The van der Waals surface area contributed by atoms with Gasteiger partial charge in [-0.2, -0.15) is 0 Å². The molecule has 9 nitrogen and oxygen atoms in total. The number of carbonyl (C=O) groups excluding carboxylic acids is 4. The zero-order valence-corrected chi connectivity index (χ0v) is 15.9. The van der Waals surface area contributed by atoms with Gasteiger partial charge in [0.1, 0.15) is 12.3 Å². The number of imide groups is 1. The summed E-state index contributed by atoms with van der Waals surface area (Å²) in [5, 5.41) is 4.39. The molecule has 0 radical (unpaired) electrons. The van der Waals surface area contributed by atoms with Crippen LogP contribution in [-0.4, -0.2) is 43.4 Å². The van der Waals surface area contributed by atoms with E-state index in [4.69, 9.17) is 13.9 Å². The van der Waals surface area contributed by atoms with Crippen LogP contribution in [0.1, 0.15) is 40.7 Å². The highest BCUT2D eigenvalue weighted by molar-refractivity contribution is 6.03. The zero-order chi connectivity index (χ0) is 21.1. The summed E-state index contributed by atoms with van der Waals surface area (Å²) in [7, 11) is 0. The lowest BCUT2D eigenvalue weighted by Crippen LogP contribution is -2.36. The second-order valence-corrected chi connectivity index (χ2v) is 5.92. The Balaban J connectivity index is 1.68. The molecule has 2 aromatic rings. The summed E-state index contributed by atoms with van der Waals surface area (Å²) >= 11 is 0. The van der Waals surface area contributed by atoms with E-state index in [2.05, 4.69) is 12.2 Å². The number of ether oxygens (including phenoxy) is 2. The van der Waals surface area contributed by atoms with Gasteiger partial charge in [0.05, 0.1) is 12.9 Å². The first kappa shape index (κ1) is 21.7. The van der Waals surface area contributed by atoms with Gasteiger partial charge < -0.3 is 19.2 Å². The summed E-state index contributed by atoms with van der Waals surface area (Å²) in [5.41, 5.74) is 0.349. The number of benzene rings is 1. The SMILES string of the molecule is CCCCOc1ccc(C(=O)NCC(=O)OCC(=O)NC(=O)c2ccco2)cc1. The number of esters is 1. The molecular formula is C20H22N2O7. The van der Waals surface area contributed by atoms with Crippen LogP contribution in [0.3, 0.4) is 0 Å². The lowest BCUT2D eigenvalue weighted by atomic mass is 10.2. The van der Waals surface area contributed by atoms with E-state index in [1.54, 1.807) is 24.3 Å². The average Bonchev–Trinajstić information content (AvgIpc) is 3.26. The van der Waals surface area contributed by atoms with Crippen LogP contribution < -0.4 is 15.4 Å². The Morgan fingerprint density at radius 2 is 1.79 bits per heavy atom. The normalized spacial score (nSPS) is 10.1. The lowest BCUT2D eigenvalue weighted by Gasteiger charge is -2.08. The number of furan rings is 1. The van der Waals surface area contributed by atoms with Crippen molar-refractivity contribution in [2.45, 2.75) is 19.8 Å². The van der Waals surface area contributed by atoms with Crippen molar-refractivity contribution in [3.63, 3.8) is 0 Å². The Morgan fingerprint density at radius 1 is 1.03 bits per heavy atom. The minimum absolute atomic E-state index is 0.0428. The Labute approximate surface area is 167 Å². The third-order valence-corrected chi connectivity index (χ3v) is 3.64. The molecule has 1 aromatic heterocycles. The third kappa shape index (κ3) is 7.49. The van der Waals surface area contributed by atoms with E-state index >= 15 is 0 Å². The van der Waals surface area contributed by atoms with Crippen molar-refractivity contribution >= 4 is 23.7 Å². The number of carbonyl (C=O) groups is 4. The van der Waals surface area contributed by atoms with E-state index in [0.29, 0.717) is 17.9 Å². The van der Waals surface area contributed by atoms with Gasteiger partial charge in [0.25, 0.3) is 17.7 Å². The van der Waals surface area contributed by atoms with Crippen molar-refractivity contribution in [1.82, 2.24) is 10.6 Å². The van der Waals surface area contributed by atoms with Crippen molar-refractivity contribution in [1.29, 1.82) is 0 Å². The molecule has 0 aliphatic rings. The lowest BCUT2D eigenvalue weighted by molar-refractivity contribution is -0.147. The maximum atomic E-state index is 12.0. The molecule has 0 saturated carbocycles. The van der Waals surface area contributed by atoms with Crippen LogP contribution >= 0.6 is 0 Å². The predicted octanol–water partition coefficient (Wildman–Crippen LogP) is 1.69. The molecule has 0 aliphatic carbocycles. The second-order valence-electron chi connectivity index (χ2n) is 5.92. The van der Waals surface area contributed by atoms with Crippen LogP contribution in [0.4, 0.5) is 0 Å². The number of nitrogens with one attached hydrogen (secondary N) is 2. The van der Waals surface area contributed by atoms with Crippen molar-refractivity contribution in [2.24, 2.45) is 0 Å². The molecule has 0 unspecified atom stereocenters. The first-order chi connectivity index (χ1) is 14.0. The van der Waals surface area contributed by atoms with E-state index in [-0.39, 0.29) is 5.76 Å². The summed E-state index contributed by atoms with van der Waals surface area (Å²) in [6.45, 7) is 1.58. The molecule has 0 bridgehead atoms. The van der Waals surface area contributed by atoms with Crippen molar-refractivity contribution in [3.8, 4) is 5.75 Å². The maximum absolute atomic E-state index is 12.0. The molecular weight excluding hydrogens is 380 g/mol. The first-order valence-electron chi connectivity index (χ1n) is 9.04. The molecule has 2 rings (SSSR count). The third-order valence-electron chi connectivity index (χ3n) is 3.64. The van der Waals surface area contributed by atoms with E-state index in [0.717, 1.165) is 12.8 Å². The second kappa shape index (κ2) is 11.3. The van der Waals surface area contributed by atoms with Crippen LogP contribution in [0, 0.1) is 0 Å². The van der Waals surface area contributed by atoms with Gasteiger partial charge in [-0.25, -0.2) is 0 Å². The predicted molar refractivity (Wildman–Crippen MR) is 101 cm³/mol. The fraction of sp³-hybridized carbons (Fsp3) is 0.300. The molecule has 1 aromatic carbocycles. The van der Waals surface area contributed by atoms with Crippen LogP contribution in [0.25, 0.3) is 0 Å². The summed E-state index contributed by atoms with van der Waals surface area (Å²) in [5.74, 6) is -2.24.